The van der Waals surface area contributed by atoms with E-state index in [2.05, 4.69) is 21.9 Å². The van der Waals surface area contributed by atoms with Crippen molar-refractivity contribution in [3.8, 4) is 23.8 Å². The average Bonchev–Trinajstić information content (AvgIpc) is 2.74. The molecule has 0 atom stereocenters. The van der Waals surface area contributed by atoms with Crippen LogP contribution in [-0.4, -0.2) is 11.2 Å². The average molecular weight is 403 g/mol. The van der Waals surface area contributed by atoms with Crippen molar-refractivity contribution in [2.45, 2.75) is 26.2 Å². The van der Waals surface area contributed by atoms with Gasteiger partial charge in [-0.05, 0) is 22.0 Å². The Morgan fingerprint density at radius 3 is 2.65 bits per heavy atom. The van der Waals surface area contributed by atoms with Gasteiger partial charge in [0.1, 0.15) is 18.2 Å². The third-order valence-corrected chi connectivity index (χ3v) is 3.95. The number of hydrogen-bond acceptors (Lipinski definition) is 3. The molecule has 1 aromatic heterocycles. The standard InChI is InChI=1S/C16H14BrClFNO3/c1-5-6-22-12-8-11(10(19)7-9(12)17)20-14(18)13(16(2,3)4)23-15(20)21/h1,7-8H,6H2,2-4H3. The number of hydrogen-bond donors (Lipinski definition) is 0. The van der Waals surface area contributed by atoms with Gasteiger partial charge in [-0.15, -0.1) is 6.42 Å². The molecular formula is C16H14BrClFNO3. The second-order valence-electron chi connectivity index (χ2n) is 5.80. The van der Waals surface area contributed by atoms with Crippen molar-refractivity contribution >= 4 is 27.5 Å². The van der Waals surface area contributed by atoms with Gasteiger partial charge in [-0.1, -0.05) is 38.3 Å². The maximum absolute atomic E-state index is 14.3. The van der Waals surface area contributed by atoms with Crippen molar-refractivity contribution < 1.29 is 13.5 Å². The Kier molecular flexibility index (Phi) is 4.92. The van der Waals surface area contributed by atoms with Crippen molar-refractivity contribution in [1.82, 2.24) is 4.57 Å². The third-order valence-electron chi connectivity index (χ3n) is 2.99. The molecule has 0 unspecified atom stereocenters. The lowest BCUT2D eigenvalue weighted by Gasteiger charge is -2.15. The fraction of sp³-hybridized carbons (Fsp3) is 0.312. The highest BCUT2D eigenvalue weighted by atomic mass is 79.9. The Balaban J connectivity index is 2.66. The van der Waals surface area contributed by atoms with Crippen LogP contribution in [0.15, 0.2) is 25.8 Å². The third kappa shape index (κ3) is 3.46. The number of aromatic nitrogens is 1. The summed E-state index contributed by atoms with van der Waals surface area (Å²) in [6.45, 7) is 5.51. The number of halogens is 3. The van der Waals surface area contributed by atoms with Gasteiger partial charge in [0, 0.05) is 11.5 Å². The first-order valence-corrected chi connectivity index (χ1v) is 7.81. The first kappa shape index (κ1) is 17.6. The number of rotatable bonds is 3. The lowest BCUT2D eigenvalue weighted by Crippen LogP contribution is -2.14. The van der Waals surface area contributed by atoms with Gasteiger partial charge in [-0.25, -0.2) is 13.8 Å². The van der Waals surface area contributed by atoms with Crippen molar-refractivity contribution in [2.24, 2.45) is 0 Å². The van der Waals surface area contributed by atoms with Gasteiger partial charge in [0.15, 0.2) is 10.9 Å². The largest absolute Gasteiger partial charge is 0.480 e. The smallest absolute Gasteiger partial charge is 0.425 e. The van der Waals surface area contributed by atoms with Gasteiger partial charge in [-0.2, -0.15) is 0 Å². The normalized spacial score (nSPS) is 11.3. The molecule has 23 heavy (non-hydrogen) atoms. The first-order valence-electron chi connectivity index (χ1n) is 6.64. The first-order chi connectivity index (χ1) is 10.7. The van der Waals surface area contributed by atoms with E-state index >= 15 is 0 Å². The molecule has 4 nitrogen and oxygen atoms in total. The quantitative estimate of drug-likeness (QED) is 0.719. The molecule has 7 heteroatoms. The van der Waals surface area contributed by atoms with Crippen LogP contribution in [0, 0.1) is 18.2 Å². The van der Waals surface area contributed by atoms with Crippen LogP contribution >= 0.6 is 27.5 Å². The maximum Gasteiger partial charge on any atom is 0.425 e. The van der Waals surface area contributed by atoms with E-state index in [0.717, 1.165) is 4.57 Å². The Morgan fingerprint density at radius 1 is 1.48 bits per heavy atom. The molecule has 0 saturated carbocycles. The second kappa shape index (κ2) is 6.42. The van der Waals surface area contributed by atoms with Crippen LogP contribution in [0.4, 0.5) is 4.39 Å². The summed E-state index contributed by atoms with van der Waals surface area (Å²) >= 11 is 9.42. The highest BCUT2D eigenvalue weighted by Gasteiger charge is 2.28. The zero-order valence-corrected chi connectivity index (χ0v) is 15.1. The van der Waals surface area contributed by atoms with E-state index in [1.807, 2.05) is 20.8 Å². The molecule has 0 fully saturated rings. The van der Waals surface area contributed by atoms with E-state index in [4.69, 9.17) is 27.2 Å². The molecule has 122 valence electrons. The molecule has 2 aromatic rings. The minimum atomic E-state index is -0.774. The number of benzene rings is 1. The molecule has 2 rings (SSSR count). The zero-order valence-electron chi connectivity index (χ0n) is 12.7. The number of oxazole rings is 1. The SMILES string of the molecule is C#CCOc1cc(-n2c(Cl)c(C(C)(C)C)oc2=O)c(F)cc1Br. The van der Waals surface area contributed by atoms with Crippen LogP contribution in [0.25, 0.3) is 5.69 Å². The molecule has 0 spiro atoms. The van der Waals surface area contributed by atoms with Crippen LogP contribution in [0.3, 0.4) is 0 Å². The number of nitrogens with zero attached hydrogens (tertiary/aromatic N) is 1. The van der Waals surface area contributed by atoms with Gasteiger partial charge in [0.25, 0.3) is 0 Å². The molecule has 0 aliphatic heterocycles. The van der Waals surface area contributed by atoms with E-state index in [0.29, 0.717) is 10.2 Å². The van der Waals surface area contributed by atoms with Crippen LogP contribution < -0.4 is 10.5 Å². The summed E-state index contributed by atoms with van der Waals surface area (Å²) in [6.07, 6.45) is 5.15. The Bertz CT molecular complexity index is 843. The Morgan fingerprint density at radius 2 is 2.13 bits per heavy atom. The summed E-state index contributed by atoms with van der Waals surface area (Å²) in [4.78, 5) is 12.1. The number of terminal acetylenes is 1. The van der Waals surface area contributed by atoms with Gasteiger partial charge < -0.3 is 9.15 Å². The van der Waals surface area contributed by atoms with E-state index in [1.165, 1.54) is 12.1 Å². The Labute approximate surface area is 146 Å². The van der Waals surface area contributed by atoms with E-state index < -0.39 is 17.0 Å². The van der Waals surface area contributed by atoms with E-state index in [-0.39, 0.29) is 23.2 Å². The van der Waals surface area contributed by atoms with Crippen molar-refractivity contribution in [2.75, 3.05) is 6.61 Å². The van der Waals surface area contributed by atoms with Crippen LogP contribution in [0.2, 0.25) is 5.15 Å². The Hall–Kier alpha value is -1.71. The van der Waals surface area contributed by atoms with Crippen molar-refractivity contribution in [1.29, 1.82) is 0 Å². The highest BCUT2D eigenvalue weighted by Crippen LogP contribution is 2.34. The van der Waals surface area contributed by atoms with Gasteiger partial charge in [-0.3, -0.25) is 0 Å². The summed E-state index contributed by atoms with van der Waals surface area (Å²) in [6, 6.07) is 2.51. The monoisotopic (exact) mass is 401 g/mol. The molecule has 1 aromatic carbocycles. The van der Waals surface area contributed by atoms with Crippen molar-refractivity contribution in [3.63, 3.8) is 0 Å². The maximum atomic E-state index is 14.3. The summed E-state index contributed by atoms with van der Waals surface area (Å²) < 4.78 is 26.2. The summed E-state index contributed by atoms with van der Waals surface area (Å²) in [5.74, 6) is 1.45. The van der Waals surface area contributed by atoms with Crippen LogP contribution in [0.5, 0.6) is 5.75 Å². The van der Waals surface area contributed by atoms with E-state index in [9.17, 15) is 9.18 Å². The molecule has 0 N–H and O–H groups in total. The lowest BCUT2D eigenvalue weighted by atomic mass is 9.94. The number of ether oxygens (including phenoxy) is 1. The summed E-state index contributed by atoms with van der Waals surface area (Å²) in [7, 11) is 0. The lowest BCUT2D eigenvalue weighted by molar-refractivity contribution is 0.366. The molecule has 0 saturated heterocycles. The van der Waals surface area contributed by atoms with Crippen molar-refractivity contribution in [3.05, 3.63) is 43.9 Å². The van der Waals surface area contributed by atoms with Crippen LogP contribution in [0.1, 0.15) is 26.5 Å². The van der Waals surface area contributed by atoms with Gasteiger partial charge in [0.2, 0.25) is 0 Å². The predicted molar refractivity (Wildman–Crippen MR) is 90.0 cm³/mol. The van der Waals surface area contributed by atoms with Gasteiger partial charge in [0.05, 0.1) is 10.2 Å². The summed E-state index contributed by atoms with van der Waals surface area (Å²) in [5, 5.41) is 0.0200. The molecule has 0 aliphatic carbocycles. The second-order valence-corrected chi connectivity index (χ2v) is 7.01. The minimum Gasteiger partial charge on any atom is -0.480 e. The molecule has 0 amide bonds. The molecule has 1 heterocycles. The summed E-state index contributed by atoms with van der Waals surface area (Å²) in [5.41, 5.74) is -0.578. The zero-order chi connectivity index (χ0) is 17.4. The molecule has 0 radical (unpaired) electrons. The predicted octanol–water partition coefficient (Wildman–Crippen LogP) is 4.30. The van der Waals surface area contributed by atoms with E-state index in [1.54, 1.807) is 0 Å². The van der Waals surface area contributed by atoms with Crippen LogP contribution in [-0.2, 0) is 5.41 Å². The molecular weight excluding hydrogens is 389 g/mol. The molecule has 0 bridgehead atoms. The minimum absolute atomic E-state index is 0.00489. The van der Waals surface area contributed by atoms with Gasteiger partial charge >= 0.3 is 5.76 Å². The fourth-order valence-corrected chi connectivity index (χ4v) is 2.86. The fourth-order valence-electron chi connectivity index (χ4n) is 1.94. The highest BCUT2D eigenvalue weighted by molar-refractivity contribution is 9.10. The molecule has 0 aliphatic rings. The topological polar surface area (TPSA) is 44.4 Å².